The topological polar surface area (TPSA) is 42.0 Å². The van der Waals surface area contributed by atoms with Gasteiger partial charge < -0.3 is 5.32 Å². The molecule has 1 saturated carbocycles. The normalized spacial score (nSPS) is 22.5. The summed E-state index contributed by atoms with van der Waals surface area (Å²) in [5.41, 5.74) is 3.61. The fourth-order valence-corrected chi connectivity index (χ4v) is 3.01. The zero-order valence-corrected chi connectivity index (χ0v) is 13.7. The molecule has 1 aromatic heterocycles. The van der Waals surface area contributed by atoms with Gasteiger partial charge in [-0.05, 0) is 49.8 Å². The number of aromatic nitrogens is 1. The minimum absolute atomic E-state index is 0.0862. The molecule has 1 aromatic rings. The summed E-state index contributed by atoms with van der Waals surface area (Å²) >= 11 is 0. The molecule has 0 aliphatic heterocycles. The molecule has 0 saturated heterocycles. The van der Waals surface area contributed by atoms with E-state index in [1.165, 1.54) is 11.1 Å². The van der Waals surface area contributed by atoms with Gasteiger partial charge in [0.1, 0.15) is 0 Å². The highest BCUT2D eigenvalue weighted by molar-refractivity contribution is 5.83. The van der Waals surface area contributed by atoms with Crippen LogP contribution in [0.2, 0.25) is 0 Å². The highest BCUT2D eigenvalue weighted by Gasteiger charge is 2.60. The lowest BCUT2D eigenvalue weighted by molar-refractivity contribution is -0.123. The van der Waals surface area contributed by atoms with Crippen molar-refractivity contribution in [3.05, 3.63) is 41.2 Å². The van der Waals surface area contributed by atoms with Gasteiger partial charge in [0.05, 0.1) is 5.92 Å². The number of allylic oxidation sites excluding steroid dienone is 2. The quantitative estimate of drug-likeness (QED) is 0.844. The average molecular weight is 286 g/mol. The maximum absolute atomic E-state index is 12.3. The minimum atomic E-state index is 0.0862. The first-order chi connectivity index (χ1) is 9.82. The van der Waals surface area contributed by atoms with Crippen LogP contribution in [0.5, 0.6) is 0 Å². The van der Waals surface area contributed by atoms with Crippen LogP contribution in [0, 0.1) is 24.2 Å². The third-order valence-corrected chi connectivity index (χ3v) is 4.36. The number of hydrogen-bond acceptors (Lipinski definition) is 2. The number of aryl methyl sites for hydroxylation is 1. The monoisotopic (exact) mass is 286 g/mol. The molecule has 1 aliphatic carbocycles. The van der Waals surface area contributed by atoms with Crippen molar-refractivity contribution in [3.8, 4) is 0 Å². The lowest BCUT2D eigenvalue weighted by atomic mass is 10.1. The Kier molecular flexibility index (Phi) is 4.50. The first-order valence-corrected chi connectivity index (χ1v) is 7.66. The second-order valence-corrected chi connectivity index (χ2v) is 6.93. The molecule has 1 fully saturated rings. The maximum Gasteiger partial charge on any atom is 0.224 e. The summed E-state index contributed by atoms with van der Waals surface area (Å²) in [5, 5.41) is 3.06. The van der Waals surface area contributed by atoms with E-state index in [0.29, 0.717) is 12.5 Å². The SMILES string of the molecule is CC(C)=CC1C(C(=O)NCCc2cc(C)ccn2)C1(C)C. The van der Waals surface area contributed by atoms with Crippen LogP contribution < -0.4 is 5.32 Å². The zero-order valence-electron chi connectivity index (χ0n) is 13.7. The van der Waals surface area contributed by atoms with Gasteiger partial charge in [-0.15, -0.1) is 0 Å². The van der Waals surface area contributed by atoms with Gasteiger partial charge in [0.15, 0.2) is 0 Å². The Labute approximate surface area is 127 Å². The van der Waals surface area contributed by atoms with Crippen molar-refractivity contribution in [2.75, 3.05) is 6.54 Å². The molecule has 0 radical (unpaired) electrons. The van der Waals surface area contributed by atoms with Crippen LogP contribution >= 0.6 is 0 Å². The molecule has 0 aromatic carbocycles. The second kappa shape index (κ2) is 6.00. The molecule has 3 nitrogen and oxygen atoms in total. The van der Waals surface area contributed by atoms with E-state index in [1.54, 1.807) is 0 Å². The van der Waals surface area contributed by atoms with Crippen LogP contribution in [0.3, 0.4) is 0 Å². The average Bonchev–Trinajstić information content (AvgIpc) is 2.89. The zero-order chi connectivity index (χ0) is 15.6. The van der Waals surface area contributed by atoms with Crippen molar-refractivity contribution in [1.29, 1.82) is 0 Å². The fraction of sp³-hybridized carbons (Fsp3) is 0.556. The van der Waals surface area contributed by atoms with Crippen LogP contribution in [-0.2, 0) is 11.2 Å². The molecule has 0 spiro atoms. The maximum atomic E-state index is 12.3. The third kappa shape index (κ3) is 3.72. The van der Waals surface area contributed by atoms with Crippen LogP contribution in [0.4, 0.5) is 0 Å². The largest absolute Gasteiger partial charge is 0.355 e. The summed E-state index contributed by atoms with van der Waals surface area (Å²) in [6.45, 7) is 11.2. The van der Waals surface area contributed by atoms with Crippen molar-refractivity contribution in [2.24, 2.45) is 17.3 Å². The van der Waals surface area contributed by atoms with E-state index < -0.39 is 0 Å². The number of hydrogen-bond donors (Lipinski definition) is 1. The molecule has 114 valence electrons. The lowest BCUT2D eigenvalue weighted by Crippen LogP contribution is -2.29. The standard InChI is InChI=1S/C18H26N2O/c1-12(2)10-15-16(18(15,4)5)17(21)20-9-7-14-11-13(3)6-8-19-14/h6,8,10-11,15-16H,7,9H2,1-5H3,(H,20,21). The second-order valence-electron chi connectivity index (χ2n) is 6.93. The first kappa shape index (κ1) is 15.7. The van der Waals surface area contributed by atoms with Crippen molar-refractivity contribution in [1.82, 2.24) is 10.3 Å². The van der Waals surface area contributed by atoms with Crippen molar-refractivity contribution in [3.63, 3.8) is 0 Å². The molecular formula is C18H26N2O. The van der Waals surface area contributed by atoms with Crippen LogP contribution in [0.15, 0.2) is 30.0 Å². The Morgan fingerprint density at radius 3 is 2.76 bits per heavy atom. The molecule has 1 N–H and O–H groups in total. The molecule has 2 rings (SSSR count). The van der Waals surface area contributed by atoms with Gasteiger partial charge in [-0.2, -0.15) is 0 Å². The first-order valence-electron chi connectivity index (χ1n) is 7.66. The smallest absolute Gasteiger partial charge is 0.224 e. The number of carbonyl (C=O) groups excluding carboxylic acids is 1. The Morgan fingerprint density at radius 2 is 2.14 bits per heavy atom. The van der Waals surface area contributed by atoms with Gasteiger partial charge in [0.2, 0.25) is 5.91 Å². The van der Waals surface area contributed by atoms with E-state index in [4.69, 9.17) is 0 Å². The van der Waals surface area contributed by atoms with Crippen molar-refractivity contribution in [2.45, 2.75) is 41.0 Å². The summed E-state index contributed by atoms with van der Waals surface area (Å²) in [4.78, 5) is 16.6. The van der Waals surface area contributed by atoms with Crippen molar-refractivity contribution >= 4 is 5.91 Å². The number of amides is 1. The molecule has 21 heavy (non-hydrogen) atoms. The van der Waals surface area contributed by atoms with Gasteiger partial charge in [0, 0.05) is 24.9 Å². The molecule has 1 aliphatic rings. The van der Waals surface area contributed by atoms with Gasteiger partial charge in [-0.3, -0.25) is 9.78 Å². The highest BCUT2D eigenvalue weighted by Crippen LogP contribution is 2.59. The van der Waals surface area contributed by atoms with E-state index in [-0.39, 0.29) is 17.2 Å². The van der Waals surface area contributed by atoms with E-state index >= 15 is 0 Å². The number of nitrogens with one attached hydrogen (secondary N) is 1. The molecule has 0 bridgehead atoms. The van der Waals surface area contributed by atoms with E-state index in [1.807, 2.05) is 12.3 Å². The minimum Gasteiger partial charge on any atom is -0.355 e. The Hall–Kier alpha value is -1.64. The Morgan fingerprint density at radius 1 is 1.43 bits per heavy atom. The summed E-state index contributed by atoms with van der Waals surface area (Å²) in [5.74, 6) is 0.660. The summed E-state index contributed by atoms with van der Waals surface area (Å²) in [6, 6.07) is 4.05. The summed E-state index contributed by atoms with van der Waals surface area (Å²) in [7, 11) is 0. The Bertz CT molecular complexity index is 556. The van der Waals surface area contributed by atoms with Gasteiger partial charge in [-0.1, -0.05) is 25.5 Å². The molecule has 3 heteroatoms. The highest BCUT2D eigenvalue weighted by atomic mass is 16.2. The number of rotatable bonds is 5. The number of pyridine rings is 1. The van der Waals surface area contributed by atoms with Gasteiger partial charge in [0.25, 0.3) is 0 Å². The van der Waals surface area contributed by atoms with Crippen LogP contribution in [0.1, 0.15) is 39.0 Å². The molecule has 1 amide bonds. The predicted octanol–water partition coefficient (Wildman–Crippen LogP) is 3.29. The van der Waals surface area contributed by atoms with E-state index in [9.17, 15) is 4.79 Å². The van der Waals surface area contributed by atoms with Crippen LogP contribution in [0.25, 0.3) is 0 Å². The van der Waals surface area contributed by atoms with Crippen LogP contribution in [-0.4, -0.2) is 17.4 Å². The number of nitrogens with zero attached hydrogens (tertiary/aromatic N) is 1. The molecule has 2 unspecified atom stereocenters. The summed E-state index contributed by atoms with van der Waals surface area (Å²) in [6.07, 6.45) is 4.83. The van der Waals surface area contributed by atoms with E-state index in [0.717, 1.165) is 12.1 Å². The molecule has 1 heterocycles. The van der Waals surface area contributed by atoms with Gasteiger partial charge in [-0.25, -0.2) is 0 Å². The lowest BCUT2D eigenvalue weighted by Gasteiger charge is -2.06. The fourth-order valence-electron chi connectivity index (χ4n) is 3.01. The van der Waals surface area contributed by atoms with E-state index in [2.05, 4.69) is 57.1 Å². The predicted molar refractivity (Wildman–Crippen MR) is 85.9 cm³/mol. The summed E-state index contributed by atoms with van der Waals surface area (Å²) < 4.78 is 0. The Balaban J connectivity index is 1.85. The number of carbonyl (C=O) groups is 1. The van der Waals surface area contributed by atoms with Gasteiger partial charge >= 0.3 is 0 Å². The third-order valence-electron chi connectivity index (χ3n) is 4.36. The van der Waals surface area contributed by atoms with Crippen molar-refractivity contribution < 1.29 is 4.79 Å². The molecule has 2 atom stereocenters. The molecular weight excluding hydrogens is 260 g/mol.